The number of allylic oxidation sites excluding steroid dienone is 1. The maximum absolute atomic E-state index is 14.3. The van der Waals surface area contributed by atoms with Crippen molar-refractivity contribution < 1.29 is 47.6 Å². The van der Waals surface area contributed by atoms with E-state index in [2.05, 4.69) is 66.6 Å². The summed E-state index contributed by atoms with van der Waals surface area (Å²) >= 11 is 0. The molecule has 17 nitrogen and oxygen atoms in total. The highest BCUT2D eigenvalue weighted by atomic mass is 33.1. The molecule has 4 aliphatic heterocycles. The van der Waals surface area contributed by atoms with Crippen molar-refractivity contribution in [2.45, 2.75) is 83.0 Å². The summed E-state index contributed by atoms with van der Waals surface area (Å²) in [5, 5.41) is 7.16. The normalized spacial score (nSPS) is 16.6. The van der Waals surface area contributed by atoms with Crippen LogP contribution in [0.25, 0.3) is 0 Å². The van der Waals surface area contributed by atoms with E-state index in [1.807, 2.05) is 93.1 Å². The number of methoxy groups -OCH3 is 3. The summed E-state index contributed by atoms with van der Waals surface area (Å²) in [6.07, 6.45) is 6.25. The Labute approximate surface area is 478 Å². The predicted octanol–water partition coefficient (Wildman–Crippen LogP) is 9.95. The molecule has 0 fully saturated rings. The number of para-hydroxylation sites is 2. The average molecular weight is 1130 g/mol. The van der Waals surface area contributed by atoms with E-state index in [1.165, 1.54) is 0 Å². The Morgan fingerprint density at radius 2 is 1.45 bits per heavy atom. The second kappa shape index (κ2) is 27.3. The van der Waals surface area contributed by atoms with Gasteiger partial charge in [0.05, 0.1) is 81.8 Å². The average Bonchev–Trinajstić information content (AvgIpc) is 4.02. The van der Waals surface area contributed by atoms with Crippen molar-refractivity contribution in [2.75, 3.05) is 106 Å². The Bertz CT molecular complexity index is 3030. The Kier molecular flexibility index (Phi) is 19.9. The number of hydrogen-bond acceptors (Lipinski definition) is 17. The first kappa shape index (κ1) is 58.2. The predicted molar refractivity (Wildman–Crippen MR) is 320 cm³/mol. The number of carbonyl (C=O) groups excluding carboxylic acids is 2. The standard InChI is InChI=1S/C61H75N7O10S2/c1-8-44(37-78-62)65-45(9-2)38-79-80-61(3,4)39-66(18-19-74-22-23-75-21-20-71-5)46-25-40(35-76-57-31-51-49(29-55(57)72-6)59(69)67-47(33-63-51)27-42-14-10-12-16-53(42)67)24-41(26-46)36-77-58-32-52-50(30-56(58)73-7)60(70)68-48(34-64-52)28-43-15-11-13-17-54(43)68/h8,10-17,24-26,29-33,45,47-48,64-65H,9,18-23,27-28,34-39,62H2,1-7H3/t45?,47-,48-/m0/s1. The fourth-order valence-electron chi connectivity index (χ4n) is 10.5. The van der Waals surface area contributed by atoms with Gasteiger partial charge in [-0.15, -0.1) is 0 Å². The van der Waals surface area contributed by atoms with Crippen molar-refractivity contribution in [3.05, 3.63) is 136 Å². The van der Waals surface area contributed by atoms with Crippen molar-refractivity contribution in [3.8, 4) is 23.0 Å². The minimum atomic E-state index is -0.236. The van der Waals surface area contributed by atoms with E-state index in [1.54, 1.807) is 39.5 Å². The number of amides is 2. The summed E-state index contributed by atoms with van der Waals surface area (Å²) in [4.78, 5) is 44.5. The molecular weight excluding hydrogens is 1050 g/mol. The summed E-state index contributed by atoms with van der Waals surface area (Å²) in [7, 11) is 8.51. The van der Waals surface area contributed by atoms with Crippen LogP contribution in [-0.4, -0.2) is 127 Å². The molecule has 5 aromatic carbocycles. The van der Waals surface area contributed by atoms with Crippen LogP contribution in [0, 0.1) is 0 Å². The largest absolute Gasteiger partial charge is 0.493 e. The van der Waals surface area contributed by atoms with Gasteiger partial charge in [-0.1, -0.05) is 71.0 Å². The third-order valence-corrected chi connectivity index (χ3v) is 17.9. The van der Waals surface area contributed by atoms with Crippen molar-refractivity contribution in [1.82, 2.24) is 5.32 Å². The Balaban J connectivity index is 1.00. The molecule has 5 aromatic rings. The Morgan fingerprint density at radius 1 is 0.812 bits per heavy atom. The van der Waals surface area contributed by atoms with Gasteiger partial charge in [-0.3, -0.25) is 24.3 Å². The van der Waals surface area contributed by atoms with Crippen LogP contribution in [0.15, 0.2) is 108 Å². The second-order valence-electron chi connectivity index (χ2n) is 20.7. The van der Waals surface area contributed by atoms with E-state index in [-0.39, 0.29) is 47.9 Å². The number of anilines is 4. The zero-order valence-corrected chi connectivity index (χ0v) is 48.6. The molecule has 0 saturated heterocycles. The minimum Gasteiger partial charge on any atom is -0.493 e. The SMILES string of the molecule is CC=C(CON)NC(CC)CSSC(C)(C)CN(CCOCCOCCOC)c1cc(COc2cc3c(cc2OC)C(=O)N2c4ccccc4C[C@H]2C=N3)cc(COc2cc3c(cc2OC)C(=O)N2c4ccccc4C[C@H]2CN3)c1. The molecule has 3 atom stereocenters. The van der Waals surface area contributed by atoms with Gasteiger partial charge in [-0.25, -0.2) is 5.90 Å². The molecule has 80 heavy (non-hydrogen) atoms. The lowest BCUT2D eigenvalue weighted by Crippen LogP contribution is -2.39. The molecule has 2 amide bonds. The Morgan fingerprint density at radius 3 is 2.12 bits per heavy atom. The molecular formula is C61H75N7O10S2. The first-order chi connectivity index (χ1) is 38.9. The van der Waals surface area contributed by atoms with E-state index in [4.69, 9.17) is 48.9 Å². The number of hydrogen-bond donors (Lipinski definition) is 3. The summed E-state index contributed by atoms with van der Waals surface area (Å²) in [5.41, 5.74) is 9.91. The highest BCUT2D eigenvalue weighted by molar-refractivity contribution is 8.77. The van der Waals surface area contributed by atoms with Crippen LogP contribution in [0.2, 0.25) is 0 Å². The number of nitrogens with one attached hydrogen (secondary N) is 2. The van der Waals surface area contributed by atoms with Gasteiger partial charge in [0, 0.05) is 90.8 Å². The molecule has 0 bridgehead atoms. The first-order valence-electron chi connectivity index (χ1n) is 27.3. The number of nitrogens with zero attached hydrogens (tertiary/aromatic N) is 4. The van der Waals surface area contributed by atoms with Crippen molar-refractivity contribution in [3.63, 3.8) is 0 Å². The van der Waals surface area contributed by atoms with Crippen LogP contribution in [0.5, 0.6) is 23.0 Å². The highest BCUT2D eigenvalue weighted by Gasteiger charge is 2.39. The number of fused-ring (bicyclic) bond motifs is 8. The molecule has 0 radical (unpaired) electrons. The number of carbonyl (C=O) groups is 2. The number of aliphatic imine (C=N–C) groups is 1. The van der Waals surface area contributed by atoms with E-state index in [9.17, 15) is 9.59 Å². The molecule has 4 N–H and O–H groups in total. The fraction of sp³-hybridized carbons (Fsp3) is 0.426. The van der Waals surface area contributed by atoms with Crippen LogP contribution in [-0.2, 0) is 45.1 Å². The molecule has 4 aliphatic rings. The van der Waals surface area contributed by atoms with Crippen LogP contribution in [0.4, 0.5) is 28.4 Å². The van der Waals surface area contributed by atoms with Crippen molar-refractivity contribution in [1.29, 1.82) is 0 Å². The van der Waals surface area contributed by atoms with Gasteiger partial charge in [0.15, 0.2) is 23.0 Å². The summed E-state index contributed by atoms with van der Waals surface area (Å²) in [6, 6.07) is 29.6. The van der Waals surface area contributed by atoms with Gasteiger partial charge < -0.3 is 53.6 Å². The van der Waals surface area contributed by atoms with Crippen LogP contribution >= 0.6 is 21.6 Å². The van der Waals surface area contributed by atoms with Gasteiger partial charge in [-0.2, -0.15) is 0 Å². The third-order valence-electron chi connectivity index (χ3n) is 14.6. The number of benzene rings is 5. The summed E-state index contributed by atoms with van der Waals surface area (Å²) < 4.78 is 42.1. The zero-order chi connectivity index (χ0) is 56.2. The summed E-state index contributed by atoms with van der Waals surface area (Å²) in [6.45, 7) is 13.5. The number of ether oxygens (including phenoxy) is 7. The van der Waals surface area contributed by atoms with Gasteiger partial charge in [0.1, 0.15) is 19.8 Å². The molecule has 1 unspecified atom stereocenters. The van der Waals surface area contributed by atoms with E-state index < -0.39 is 0 Å². The van der Waals surface area contributed by atoms with E-state index >= 15 is 0 Å². The molecule has 0 aromatic heterocycles. The maximum atomic E-state index is 14.3. The van der Waals surface area contributed by atoms with Crippen molar-refractivity contribution in [2.24, 2.45) is 10.9 Å². The fourth-order valence-corrected chi connectivity index (χ4v) is 13.4. The molecule has 19 heteroatoms. The van der Waals surface area contributed by atoms with Gasteiger partial charge in [0.2, 0.25) is 0 Å². The van der Waals surface area contributed by atoms with Crippen molar-refractivity contribution >= 4 is 68.1 Å². The van der Waals surface area contributed by atoms with Gasteiger partial charge >= 0.3 is 0 Å². The maximum Gasteiger partial charge on any atom is 0.261 e. The second-order valence-corrected chi connectivity index (χ2v) is 23.7. The minimum absolute atomic E-state index is 0.0221. The first-order valence-corrected chi connectivity index (χ1v) is 29.6. The lowest BCUT2D eigenvalue weighted by atomic mass is 10.1. The molecule has 426 valence electrons. The van der Waals surface area contributed by atoms with E-state index in [0.29, 0.717) is 111 Å². The monoisotopic (exact) mass is 1130 g/mol. The molecule has 0 saturated carbocycles. The van der Waals surface area contributed by atoms with Crippen LogP contribution in [0.3, 0.4) is 0 Å². The smallest absolute Gasteiger partial charge is 0.261 e. The van der Waals surface area contributed by atoms with Crippen LogP contribution in [0.1, 0.15) is 77.1 Å². The quantitative estimate of drug-likeness (QED) is 0.0234. The zero-order valence-electron chi connectivity index (χ0n) is 46.9. The van der Waals surface area contributed by atoms with Gasteiger partial charge in [0.25, 0.3) is 11.8 Å². The van der Waals surface area contributed by atoms with E-state index in [0.717, 1.165) is 63.6 Å². The summed E-state index contributed by atoms with van der Waals surface area (Å²) in [5.74, 6) is 7.88. The van der Waals surface area contributed by atoms with Gasteiger partial charge in [-0.05, 0) is 98.3 Å². The molecule has 4 heterocycles. The molecule has 0 spiro atoms. The topological polar surface area (TPSA) is 180 Å². The lowest BCUT2D eigenvalue weighted by molar-refractivity contribution is 0.0264. The number of rotatable bonds is 29. The highest BCUT2D eigenvalue weighted by Crippen LogP contribution is 2.44. The molecule has 0 aliphatic carbocycles. The third kappa shape index (κ3) is 13.8. The molecule has 9 rings (SSSR count). The number of nitrogens with two attached hydrogens (primary N) is 1. The van der Waals surface area contributed by atoms with Crippen LogP contribution < -0.4 is 50.2 Å². The lowest BCUT2D eigenvalue weighted by Gasteiger charge is -2.34. The Hall–Kier alpha value is -6.45.